The predicted molar refractivity (Wildman–Crippen MR) is 390 cm³/mol. The molecule has 2 atom stereocenters. The van der Waals surface area contributed by atoms with Crippen LogP contribution < -0.4 is 0 Å². The number of rotatable bonds is 72. The van der Waals surface area contributed by atoms with Crippen LogP contribution in [0.4, 0.5) is 0 Å². The molecule has 0 aromatic heterocycles. The number of carbonyl (C=O) groups is 2. The fraction of sp³-hybridized carbons (Fsp3) is 0.825. The fourth-order valence-electron chi connectivity index (χ4n) is 11.4. The molecule has 0 aromatic rings. The molecule has 0 saturated heterocycles. The number of phosphoric acid groups is 1. The van der Waals surface area contributed by atoms with Crippen LogP contribution in [0.25, 0.3) is 0 Å². The molecule has 2 unspecified atom stereocenters. The fourth-order valence-corrected chi connectivity index (χ4v) is 12.1. The largest absolute Gasteiger partial charge is 0.472 e. The van der Waals surface area contributed by atoms with Crippen molar-refractivity contribution >= 4 is 19.8 Å². The lowest BCUT2D eigenvalue weighted by Gasteiger charge is -2.24. The van der Waals surface area contributed by atoms with Gasteiger partial charge in [0, 0.05) is 12.8 Å². The number of nitrogens with zero attached hydrogens (tertiary/aromatic N) is 1. The van der Waals surface area contributed by atoms with E-state index in [1.165, 1.54) is 263 Å². The number of allylic oxidation sites excluding steroid dienone is 12. The van der Waals surface area contributed by atoms with Crippen LogP contribution in [0.1, 0.15) is 373 Å². The van der Waals surface area contributed by atoms with Gasteiger partial charge in [-0.1, -0.05) is 369 Å². The molecule has 0 aliphatic carbocycles. The molecule has 1 N–H and O–H groups in total. The van der Waals surface area contributed by atoms with Crippen LogP contribution in [0.2, 0.25) is 0 Å². The molecule has 0 spiro atoms. The quantitative estimate of drug-likeness (QED) is 0.0211. The van der Waals surface area contributed by atoms with Crippen LogP contribution in [0.3, 0.4) is 0 Å². The third kappa shape index (κ3) is 74.5. The summed E-state index contributed by atoms with van der Waals surface area (Å²) in [5.74, 6) is -0.781. The number of unbranched alkanes of at least 4 members (excludes halogenated alkanes) is 46. The lowest BCUT2D eigenvalue weighted by atomic mass is 10.0. The van der Waals surface area contributed by atoms with E-state index in [1.54, 1.807) is 0 Å². The van der Waals surface area contributed by atoms with E-state index >= 15 is 0 Å². The predicted octanol–water partition coefficient (Wildman–Crippen LogP) is 25.5. The van der Waals surface area contributed by atoms with Gasteiger partial charge in [0.25, 0.3) is 0 Å². The van der Waals surface area contributed by atoms with Gasteiger partial charge in [-0.05, 0) is 64.2 Å². The van der Waals surface area contributed by atoms with Crippen molar-refractivity contribution in [1.82, 2.24) is 0 Å². The van der Waals surface area contributed by atoms with Crippen molar-refractivity contribution in [3.05, 3.63) is 72.9 Å². The van der Waals surface area contributed by atoms with Crippen LogP contribution >= 0.6 is 7.82 Å². The Hall–Kier alpha value is -2.55. The average Bonchev–Trinajstić information content (AvgIpc) is 3.58. The molecule has 0 aliphatic rings. The molecule has 526 valence electrons. The van der Waals surface area contributed by atoms with Crippen LogP contribution in [-0.4, -0.2) is 74.9 Å². The van der Waals surface area contributed by atoms with Gasteiger partial charge >= 0.3 is 19.8 Å². The lowest BCUT2D eigenvalue weighted by Crippen LogP contribution is -2.37. The molecule has 9 nitrogen and oxygen atoms in total. The van der Waals surface area contributed by atoms with E-state index in [4.69, 9.17) is 18.5 Å². The summed E-state index contributed by atoms with van der Waals surface area (Å²) in [5.41, 5.74) is 0. The smallest absolute Gasteiger partial charge is 0.462 e. The topological polar surface area (TPSA) is 108 Å². The molecule has 0 rings (SSSR count). The van der Waals surface area contributed by atoms with Crippen molar-refractivity contribution < 1.29 is 42.1 Å². The lowest BCUT2D eigenvalue weighted by molar-refractivity contribution is -0.870. The Morgan fingerprint density at radius 1 is 0.356 bits per heavy atom. The molecule has 0 aliphatic heterocycles. The molecule has 90 heavy (non-hydrogen) atoms. The third-order valence-corrected chi connectivity index (χ3v) is 18.2. The Morgan fingerprint density at radius 2 is 0.633 bits per heavy atom. The minimum atomic E-state index is -4.40. The summed E-state index contributed by atoms with van der Waals surface area (Å²) in [5, 5.41) is 0. The highest BCUT2D eigenvalue weighted by Gasteiger charge is 2.27. The molecule has 0 amide bonds. The standard InChI is InChI=1S/C80H148NO8P/c1-6-8-10-12-14-16-18-20-22-24-26-28-30-32-34-36-38-40-42-44-46-48-50-52-54-56-58-60-62-64-66-68-70-72-79(82)86-76-78(77-88-90(84,85)87-75-74-81(3,4)5)89-80(83)73-71-69-67-65-63-61-59-57-55-53-51-49-47-45-43-41-39-37-35-33-31-29-27-25-23-21-19-17-15-13-11-9-7-2/h9,11,15,17,21,23,27,29,33,35,39,41,78H,6-8,10,12-14,16,18-20,22,24-26,28,30-32,34,36-38,40,42-77H2,1-5H3/p+1/b11-9-,17-15-,23-21-,29-27-,35-33-,41-39-. The van der Waals surface area contributed by atoms with Gasteiger partial charge in [0.05, 0.1) is 27.7 Å². The van der Waals surface area contributed by atoms with Gasteiger partial charge in [-0.2, -0.15) is 0 Å². The summed E-state index contributed by atoms with van der Waals surface area (Å²) < 4.78 is 34.8. The summed E-state index contributed by atoms with van der Waals surface area (Å²) in [6.07, 6.45) is 96.1. The van der Waals surface area contributed by atoms with Gasteiger partial charge in [-0.3, -0.25) is 18.6 Å². The first-order valence-electron chi connectivity index (χ1n) is 38.7. The summed E-state index contributed by atoms with van der Waals surface area (Å²) in [6, 6.07) is 0. The number of carbonyl (C=O) groups excluding carboxylic acids is 2. The Morgan fingerprint density at radius 3 is 0.944 bits per heavy atom. The van der Waals surface area contributed by atoms with Gasteiger partial charge in [0.1, 0.15) is 19.8 Å². The van der Waals surface area contributed by atoms with E-state index in [9.17, 15) is 19.0 Å². The van der Waals surface area contributed by atoms with E-state index in [-0.39, 0.29) is 25.6 Å². The number of phosphoric ester groups is 1. The zero-order valence-electron chi connectivity index (χ0n) is 60.1. The highest BCUT2D eigenvalue weighted by atomic mass is 31.2. The van der Waals surface area contributed by atoms with Gasteiger partial charge in [-0.25, -0.2) is 4.57 Å². The molecule has 0 radical (unpaired) electrons. The van der Waals surface area contributed by atoms with E-state index in [0.29, 0.717) is 23.9 Å². The van der Waals surface area contributed by atoms with E-state index in [1.807, 2.05) is 21.1 Å². The van der Waals surface area contributed by atoms with E-state index in [2.05, 4.69) is 86.8 Å². The summed E-state index contributed by atoms with van der Waals surface area (Å²) >= 11 is 0. The summed E-state index contributed by atoms with van der Waals surface area (Å²) in [6.45, 7) is 4.38. The molecule has 0 bridgehead atoms. The molecule has 0 aromatic carbocycles. The number of hydrogen-bond donors (Lipinski definition) is 1. The number of quaternary nitrogens is 1. The van der Waals surface area contributed by atoms with Gasteiger partial charge < -0.3 is 18.9 Å². The second-order valence-corrected chi connectivity index (χ2v) is 28.8. The Labute approximate surface area is 559 Å². The first-order chi connectivity index (χ1) is 44.0. The molecule has 0 fully saturated rings. The zero-order chi connectivity index (χ0) is 65.5. The monoisotopic (exact) mass is 1280 g/mol. The molecule has 0 heterocycles. The van der Waals surface area contributed by atoms with Crippen molar-refractivity contribution in [2.24, 2.45) is 0 Å². The van der Waals surface area contributed by atoms with Crippen molar-refractivity contribution in [3.8, 4) is 0 Å². The van der Waals surface area contributed by atoms with Gasteiger partial charge in [-0.15, -0.1) is 0 Å². The van der Waals surface area contributed by atoms with E-state index in [0.717, 1.165) is 77.0 Å². The van der Waals surface area contributed by atoms with Crippen molar-refractivity contribution in [3.63, 3.8) is 0 Å². The first-order valence-corrected chi connectivity index (χ1v) is 40.2. The first kappa shape index (κ1) is 87.5. The number of ether oxygens (including phenoxy) is 2. The normalized spacial score (nSPS) is 13.4. The van der Waals surface area contributed by atoms with Crippen LogP contribution in [0, 0.1) is 0 Å². The van der Waals surface area contributed by atoms with Gasteiger partial charge in [0.15, 0.2) is 6.10 Å². The average molecular weight is 1280 g/mol. The van der Waals surface area contributed by atoms with Crippen molar-refractivity contribution in [1.29, 1.82) is 0 Å². The molecule has 10 heteroatoms. The molecular weight excluding hydrogens is 1130 g/mol. The highest BCUT2D eigenvalue weighted by molar-refractivity contribution is 7.47. The minimum absolute atomic E-state index is 0.0319. The highest BCUT2D eigenvalue weighted by Crippen LogP contribution is 2.43. The van der Waals surface area contributed by atoms with Crippen LogP contribution in [-0.2, 0) is 32.7 Å². The maximum absolute atomic E-state index is 12.9. The summed E-state index contributed by atoms with van der Waals surface area (Å²) in [7, 11) is 1.49. The minimum Gasteiger partial charge on any atom is -0.462 e. The Kier molecular flexibility index (Phi) is 68.8. The SMILES string of the molecule is CC/C=C\C/C=C\C/C=C\C/C=C\C/C=C\C/C=C\CCCCCCCCCCCCCCCCC(=O)OC(COC(=O)CCCCCCCCCCCCCCCCCCCCCCCCCCCCCCCCCCC)COP(=O)(O)OCC[N+](C)(C)C. The second-order valence-electron chi connectivity index (χ2n) is 27.4. The maximum Gasteiger partial charge on any atom is 0.472 e. The van der Waals surface area contributed by atoms with Crippen LogP contribution in [0.15, 0.2) is 72.9 Å². The van der Waals surface area contributed by atoms with Crippen LogP contribution in [0.5, 0.6) is 0 Å². The number of likely N-dealkylation sites (N-methyl/N-ethyl adjacent to an activating group) is 1. The maximum atomic E-state index is 12.9. The van der Waals surface area contributed by atoms with Crippen molar-refractivity contribution in [2.75, 3.05) is 47.5 Å². The number of hydrogen-bond acceptors (Lipinski definition) is 7. The zero-order valence-corrected chi connectivity index (χ0v) is 61.0. The second kappa shape index (κ2) is 70.8. The molecular formula is C80H149NO8P+. The van der Waals surface area contributed by atoms with E-state index < -0.39 is 26.5 Å². The molecule has 0 saturated carbocycles. The van der Waals surface area contributed by atoms with Gasteiger partial charge in [0.2, 0.25) is 0 Å². The Bertz CT molecular complexity index is 1750. The Balaban J connectivity index is 3.96. The third-order valence-electron chi connectivity index (χ3n) is 17.3. The van der Waals surface area contributed by atoms with Crippen molar-refractivity contribution in [2.45, 2.75) is 380 Å². The summed E-state index contributed by atoms with van der Waals surface area (Å²) in [4.78, 5) is 36.0. The number of esters is 2.